The maximum Gasteiger partial charge on any atom is 0.227 e. The molecule has 2 unspecified atom stereocenters. The van der Waals surface area contributed by atoms with Crippen molar-refractivity contribution in [2.75, 3.05) is 45.9 Å². The van der Waals surface area contributed by atoms with Crippen molar-refractivity contribution in [3.8, 4) is 0 Å². The van der Waals surface area contributed by atoms with E-state index in [9.17, 15) is 4.79 Å². The van der Waals surface area contributed by atoms with Crippen LogP contribution in [0.1, 0.15) is 20.3 Å². The smallest absolute Gasteiger partial charge is 0.227 e. The normalized spacial score (nSPS) is 33.6. The first-order chi connectivity index (χ1) is 8.64. The summed E-state index contributed by atoms with van der Waals surface area (Å²) in [6, 6.07) is 0. The summed E-state index contributed by atoms with van der Waals surface area (Å²) in [6.07, 6.45) is 1.06. The highest BCUT2D eigenvalue weighted by molar-refractivity contribution is 5.82. The number of carbonyl (C=O) groups excluding carboxylic acids is 1. The van der Waals surface area contributed by atoms with Gasteiger partial charge in [0.1, 0.15) is 0 Å². The van der Waals surface area contributed by atoms with E-state index in [0.29, 0.717) is 6.54 Å². The summed E-state index contributed by atoms with van der Waals surface area (Å²) in [5, 5.41) is 6.30. The van der Waals surface area contributed by atoms with Crippen LogP contribution in [0.5, 0.6) is 0 Å². The Labute approximate surface area is 109 Å². The van der Waals surface area contributed by atoms with Gasteiger partial charge >= 0.3 is 0 Å². The lowest BCUT2D eigenvalue weighted by Gasteiger charge is -2.32. The molecule has 0 aromatic heterocycles. The lowest BCUT2D eigenvalue weighted by atomic mass is 9.89. The maximum absolute atomic E-state index is 12.1. The van der Waals surface area contributed by atoms with Gasteiger partial charge in [-0.05, 0) is 26.4 Å². The number of morpholine rings is 1. The minimum atomic E-state index is -0.237. The summed E-state index contributed by atoms with van der Waals surface area (Å²) in [5.74, 6) is 0.157. The first kappa shape index (κ1) is 13.8. The van der Waals surface area contributed by atoms with E-state index in [1.165, 1.54) is 0 Å². The van der Waals surface area contributed by atoms with Crippen molar-refractivity contribution in [1.29, 1.82) is 0 Å². The van der Waals surface area contributed by atoms with E-state index in [-0.39, 0.29) is 17.4 Å². The molecule has 0 radical (unpaired) electrons. The molecule has 0 bridgehead atoms. The number of ether oxygens (including phenoxy) is 1. The zero-order valence-electron chi connectivity index (χ0n) is 11.5. The summed E-state index contributed by atoms with van der Waals surface area (Å²) in [5.41, 5.74) is -0.237. The molecule has 0 saturated carbocycles. The molecule has 2 heterocycles. The predicted octanol–water partition coefficient (Wildman–Crippen LogP) is -0.177. The Morgan fingerprint density at radius 1 is 1.61 bits per heavy atom. The lowest BCUT2D eigenvalue weighted by Crippen LogP contribution is -2.49. The van der Waals surface area contributed by atoms with Gasteiger partial charge in [0.2, 0.25) is 5.91 Å². The second-order valence-corrected chi connectivity index (χ2v) is 5.58. The van der Waals surface area contributed by atoms with Gasteiger partial charge < -0.3 is 15.4 Å². The third-order valence-corrected chi connectivity index (χ3v) is 4.08. The van der Waals surface area contributed by atoms with Crippen molar-refractivity contribution in [3.05, 3.63) is 0 Å². The zero-order valence-corrected chi connectivity index (χ0v) is 11.5. The van der Waals surface area contributed by atoms with Crippen molar-refractivity contribution in [2.45, 2.75) is 26.4 Å². The van der Waals surface area contributed by atoms with E-state index in [1.807, 2.05) is 6.92 Å². The Hall–Kier alpha value is -0.650. The molecular formula is C13H25N3O2. The molecule has 0 aromatic rings. The summed E-state index contributed by atoms with van der Waals surface area (Å²) < 4.78 is 5.68. The molecule has 2 rings (SSSR count). The highest BCUT2D eigenvalue weighted by Gasteiger charge is 2.36. The molecule has 2 atom stereocenters. The average molecular weight is 255 g/mol. The van der Waals surface area contributed by atoms with Gasteiger partial charge in [0.25, 0.3) is 0 Å². The average Bonchev–Trinajstić information content (AvgIpc) is 2.84. The van der Waals surface area contributed by atoms with Crippen LogP contribution in [0.15, 0.2) is 0 Å². The minimum absolute atomic E-state index is 0.139. The molecule has 2 aliphatic heterocycles. The maximum atomic E-state index is 12.1. The van der Waals surface area contributed by atoms with Crippen LogP contribution < -0.4 is 10.6 Å². The Morgan fingerprint density at radius 3 is 3.11 bits per heavy atom. The van der Waals surface area contributed by atoms with E-state index in [2.05, 4.69) is 22.5 Å². The van der Waals surface area contributed by atoms with Gasteiger partial charge in [-0.3, -0.25) is 9.69 Å². The monoisotopic (exact) mass is 255 g/mol. The molecule has 0 aliphatic carbocycles. The van der Waals surface area contributed by atoms with Gasteiger partial charge in [0.15, 0.2) is 0 Å². The SMILES string of the molecule is CCN1CCOC(CNC(=O)C2(C)CCNC2)C1. The molecular weight excluding hydrogens is 230 g/mol. The Balaban J connectivity index is 1.75. The van der Waals surface area contributed by atoms with E-state index in [4.69, 9.17) is 4.74 Å². The summed E-state index contributed by atoms with van der Waals surface area (Å²) in [7, 11) is 0. The Morgan fingerprint density at radius 2 is 2.44 bits per heavy atom. The van der Waals surface area contributed by atoms with Crippen molar-refractivity contribution < 1.29 is 9.53 Å². The molecule has 1 amide bonds. The van der Waals surface area contributed by atoms with Crippen molar-refractivity contribution in [1.82, 2.24) is 15.5 Å². The molecule has 5 nitrogen and oxygen atoms in total. The molecule has 5 heteroatoms. The van der Waals surface area contributed by atoms with Crippen LogP contribution in [0.4, 0.5) is 0 Å². The molecule has 2 aliphatic rings. The topological polar surface area (TPSA) is 53.6 Å². The van der Waals surface area contributed by atoms with E-state index >= 15 is 0 Å². The zero-order chi connectivity index (χ0) is 13.0. The first-order valence-electron chi connectivity index (χ1n) is 6.97. The largest absolute Gasteiger partial charge is 0.374 e. The van der Waals surface area contributed by atoms with Crippen LogP contribution in [0.25, 0.3) is 0 Å². The van der Waals surface area contributed by atoms with Gasteiger partial charge in [0.05, 0.1) is 18.1 Å². The number of nitrogens with one attached hydrogen (secondary N) is 2. The second-order valence-electron chi connectivity index (χ2n) is 5.58. The summed E-state index contributed by atoms with van der Waals surface area (Å²) in [6.45, 7) is 10.3. The van der Waals surface area contributed by atoms with E-state index in [0.717, 1.165) is 45.8 Å². The van der Waals surface area contributed by atoms with Crippen molar-refractivity contribution in [2.24, 2.45) is 5.41 Å². The van der Waals surface area contributed by atoms with Gasteiger partial charge in [0, 0.05) is 26.2 Å². The quantitative estimate of drug-likeness (QED) is 0.732. The number of amides is 1. The van der Waals surface area contributed by atoms with Crippen LogP contribution in [0, 0.1) is 5.41 Å². The molecule has 0 spiro atoms. The Bertz CT molecular complexity index is 290. The third kappa shape index (κ3) is 3.22. The van der Waals surface area contributed by atoms with Crippen molar-refractivity contribution in [3.63, 3.8) is 0 Å². The summed E-state index contributed by atoms with van der Waals surface area (Å²) in [4.78, 5) is 14.5. The third-order valence-electron chi connectivity index (χ3n) is 4.08. The molecule has 104 valence electrons. The number of rotatable bonds is 4. The fraction of sp³-hybridized carbons (Fsp3) is 0.923. The molecule has 0 aromatic carbocycles. The fourth-order valence-electron chi connectivity index (χ4n) is 2.62. The number of hydrogen-bond acceptors (Lipinski definition) is 4. The number of hydrogen-bond donors (Lipinski definition) is 2. The van der Waals surface area contributed by atoms with Gasteiger partial charge in [-0.2, -0.15) is 0 Å². The molecule has 2 fully saturated rings. The fourth-order valence-corrected chi connectivity index (χ4v) is 2.62. The molecule has 18 heavy (non-hydrogen) atoms. The van der Waals surface area contributed by atoms with Crippen LogP contribution in [0.3, 0.4) is 0 Å². The van der Waals surface area contributed by atoms with Gasteiger partial charge in [-0.1, -0.05) is 6.92 Å². The molecule has 2 saturated heterocycles. The van der Waals surface area contributed by atoms with Crippen molar-refractivity contribution >= 4 is 5.91 Å². The van der Waals surface area contributed by atoms with Crippen LogP contribution in [-0.4, -0.2) is 62.8 Å². The second kappa shape index (κ2) is 5.99. The van der Waals surface area contributed by atoms with Crippen LogP contribution in [-0.2, 0) is 9.53 Å². The molecule has 2 N–H and O–H groups in total. The lowest BCUT2D eigenvalue weighted by molar-refractivity contribution is -0.130. The predicted molar refractivity (Wildman–Crippen MR) is 70.5 cm³/mol. The van der Waals surface area contributed by atoms with Gasteiger partial charge in [-0.15, -0.1) is 0 Å². The standard InChI is InChI=1S/C13H25N3O2/c1-3-16-6-7-18-11(9-16)8-15-12(17)13(2)4-5-14-10-13/h11,14H,3-10H2,1-2H3,(H,15,17). The highest BCUT2D eigenvalue weighted by Crippen LogP contribution is 2.24. The number of likely N-dealkylation sites (N-methyl/N-ethyl adjacent to an activating group) is 1. The number of nitrogens with zero attached hydrogens (tertiary/aromatic N) is 1. The van der Waals surface area contributed by atoms with Gasteiger partial charge in [-0.25, -0.2) is 0 Å². The van der Waals surface area contributed by atoms with Crippen LogP contribution >= 0.6 is 0 Å². The Kier molecular flexibility index (Phi) is 4.59. The highest BCUT2D eigenvalue weighted by atomic mass is 16.5. The van der Waals surface area contributed by atoms with Crippen LogP contribution in [0.2, 0.25) is 0 Å². The first-order valence-corrected chi connectivity index (χ1v) is 6.97. The van der Waals surface area contributed by atoms with E-state index < -0.39 is 0 Å². The van der Waals surface area contributed by atoms with E-state index in [1.54, 1.807) is 0 Å². The minimum Gasteiger partial charge on any atom is -0.374 e. The number of carbonyl (C=O) groups is 1. The summed E-state index contributed by atoms with van der Waals surface area (Å²) >= 11 is 0.